The third-order valence-electron chi connectivity index (χ3n) is 1.62. The predicted octanol–water partition coefficient (Wildman–Crippen LogP) is 3.04. The first-order valence-corrected chi connectivity index (χ1v) is 5.76. The maximum absolute atomic E-state index is 11.8. The molecule has 16 heavy (non-hydrogen) atoms. The lowest BCUT2D eigenvalue weighted by atomic mass is 10.2. The van der Waals surface area contributed by atoms with Crippen molar-refractivity contribution in [3.63, 3.8) is 0 Å². The molecule has 0 aliphatic carbocycles. The van der Waals surface area contributed by atoms with Crippen LogP contribution < -0.4 is 4.90 Å². The Kier molecular flexibility index (Phi) is 3.70. The highest BCUT2D eigenvalue weighted by Gasteiger charge is 2.26. The third kappa shape index (κ3) is 3.34. The van der Waals surface area contributed by atoms with E-state index >= 15 is 0 Å². The van der Waals surface area contributed by atoms with E-state index in [4.69, 9.17) is 4.74 Å². The summed E-state index contributed by atoms with van der Waals surface area (Å²) >= 11 is 1.32. The standard InChI is InChI=1S/C11H15NO3S/c1-8(13)12(9-6-5-7-16-9)10(14)15-11(2,3)4/h5-7H,1-4H3. The Morgan fingerprint density at radius 1 is 1.38 bits per heavy atom. The summed E-state index contributed by atoms with van der Waals surface area (Å²) in [5.74, 6) is -0.350. The number of carbonyl (C=O) groups excluding carboxylic acids is 2. The summed E-state index contributed by atoms with van der Waals surface area (Å²) in [6, 6.07) is 3.48. The van der Waals surface area contributed by atoms with Gasteiger partial charge in [0, 0.05) is 6.92 Å². The van der Waals surface area contributed by atoms with Crippen molar-refractivity contribution in [2.24, 2.45) is 0 Å². The Bertz CT molecular complexity index is 378. The van der Waals surface area contributed by atoms with E-state index in [1.807, 2.05) is 0 Å². The first-order chi connectivity index (χ1) is 7.31. The molecule has 0 fully saturated rings. The Hall–Kier alpha value is -1.36. The smallest absolute Gasteiger partial charge is 0.422 e. The summed E-state index contributed by atoms with van der Waals surface area (Å²) in [5, 5.41) is 2.37. The fourth-order valence-corrected chi connectivity index (χ4v) is 1.84. The van der Waals surface area contributed by atoms with Crippen LogP contribution in [0.5, 0.6) is 0 Å². The SMILES string of the molecule is CC(=O)N(C(=O)OC(C)(C)C)c1cccs1. The average Bonchev–Trinajstić information content (AvgIpc) is 2.52. The highest BCUT2D eigenvalue weighted by Crippen LogP contribution is 2.23. The molecule has 0 unspecified atom stereocenters. The van der Waals surface area contributed by atoms with E-state index in [9.17, 15) is 9.59 Å². The van der Waals surface area contributed by atoms with Crippen molar-refractivity contribution in [2.45, 2.75) is 33.3 Å². The summed E-state index contributed by atoms with van der Waals surface area (Å²) in [4.78, 5) is 24.2. The lowest BCUT2D eigenvalue weighted by Crippen LogP contribution is -2.39. The summed E-state index contributed by atoms with van der Waals surface area (Å²) < 4.78 is 5.16. The van der Waals surface area contributed by atoms with Crippen molar-refractivity contribution < 1.29 is 14.3 Å². The molecular weight excluding hydrogens is 226 g/mol. The van der Waals surface area contributed by atoms with Gasteiger partial charge in [-0.25, -0.2) is 9.69 Å². The number of ether oxygens (including phenoxy) is 1. The number of carbonyl (C=O) groups is 2. The molecule has 0 aliphatic rings. The van der Waals surface area contributed by atoms with Crippen molar-refractivity contribution in [1.82, 2.24) is 0 Å². The van der Waals surface area contributed by atoms with Gasteiger partial charge in [0.2, 0.25) is 5.91 Å². The summed E-state index contributed by atoms with van der Waals surface area (Å²) in [7, 11) is 0. The van der Waals surface area contributed by atoms with Gasteiger partial charge in [-0.1, -0.05) is 0 Å². The van der Waals surface area contributed by atoms with Crippen molar-refractivity contribution in [3.8, 4) is 0 Å². The highest BCUT2D eigenvalue weighted by molar-refractivity contribution is 7.14. The zero-order valence-electron chi connectivity index (χ0n) is 9.81. The molecule has 5 heteroatoms. The molecule has 0 spiro atoms. The van der Waals surface area contributed by atoms with Crippen LogP contribution in [0.1, 0.15) is 27.7 Å². The van der Waals surface area contributed by atoms with Crippen LogP contribution in [-0.4, -0.2) is 17.6 Å². The molecule has 0 radical (unpaired) electrons. The van der Waals surface area contributed by atoms with Gasteiger partial charge in [0.1, 0.15) is 10.6 Å². The second kappa shape index (κ2) is 4.65. The molecule has 0 N–H and O–H groups in total. The van der Waals surface area contributed by atoms with Crippen LogP contribution in [0.2, 0.25) is 0 Å². The predicted molar refractivity (Wildman–Crippen MR) is 63.7 cm³/mol. The first-order valence-electron chi connectivity index (χ1n) is 4.88. The van der Waals surface area contributed by atoms with Crippen molar-refractivity contribution in [3.05, 3.63) is 17.5 Å². The molecular formula is C11H15NO3S. The fraction of sp³-hybridized carbons (Fsp3) is 0.455. The first kappa shape index (κ1) is 12.7. The fourth-order valence-electron chi connectivity index (χ4n) is 1.08. The van der Waals surface area contributed by atoms with Crippen LogP contribution in [0.25, 0.3) is 0 Å². The van der Waals surface area contributed by atoms with E-state index in [0.717, 1.165) is 4.90 Å². The van der Waals surface area contributed by atoms with Gasteiger partial charge in [0.05, 0.1) is 0 Å². The number of nitrogens with zero attached hydrogens (tertiary/aromatic N) is 1. The number of hydrogen-bond acceptors (Lipinski definition) is 4. The Morgan fingerprint density at radius 2 is 2.00 bits per heavy atom. The molecule has 1 aromatic rings. The Morgan fingerprint density at radius 3 is 2.38 bits per heavy atom. The zero-order valence-corrected chi connectivity index (χ0v) is 10.6. The molecule has 1 aromatic heterocycles. The van der Waals surface area contributed by atoms with E-state index < -0.39 is 11.7 Å². The molecule has 0 atom stereocenters. The van der Waals surface area contributed by atoms with Crippen molar-refractivity contribution >= 4 is 28.3 Å². The number of hydrogen-bond donors (Lipinski definition) is 0. The minimum absolute atomic E-state index is 0.350. The van der Waals surface area contributed by atoms with E-state index in [-0.39, 0.29) is 5.91 Å². The van der Waals surface area contributed by atoms with Gasteiger partial charge in [-0.2, -0.15) is 0 Å². The molecule has 0 saturated heterocycles. The van der Waals surface area contributed by atoms with Gasteiger partial charge >= 0.3 is 6.09 Å². The van der Waals surface area contributed by atoms with Crippen molar-refractivity contribution in [1.29, 1.82) is 0 Å². The summed E-state index contributed by atoms with van der Waals surface area (Å²) in [6.45, 7) is 6.62. The van der Waals surface area contributed by atoms with E-state index in [0.29, 0.717) is 5.00 Å². The van der Waals surface area contributed by atoms with Crippen LogP contribution in [0.4, 0.5) is 9.80 Å². The van der Waals surface area contributed by atoms with E-state index in [1.54, 1.807) is 38.3 Å². The van der Waals surface area contributed by atoms with Crippen LogP contribution in [-0.2, 0) is 9.53 Å². The normalized spacial score (nSPS) is 11.0. The molecule has 4 nitrogen and oxygen atoms in total. The van der Waals surface area contributed by atoms with Crippen molar-refractivity contribution in [2.75, 3.05) is 4.90 Å². The number of rotatable bonds is 1. The number of anilines is 1. The van der Waals surface area contributed by atoms with Gasteiger partial charge in [-0.05, 0) is 38.3 Å². The second-order valence-electron chi connectivity index (χ2n) is 4.29. The molecule has 1 heterocycles. The lowest BCUT2D eigenvalue weighted by molar-refractivity contribution is -0.116. The third-order valence-corrected chi connectivity index (χ3v) is 2.47. The minimum atomic E-state index is -0.637. The van der Waals surface area contributed by atoms with Crippen LogP contribution in [0.3, 0.4) is 0 Å². The zero-order chi connectivity index (χ0) is 12.3. The number of thiophene rings is 1. The van der Waals surface area contributed by atoms with E-state index in [2.05, 4.69) is 0 Å². The summed E-state index contributed by atoms with van der Waals surface area (Å²) in [6.07, 6.45) is -0.637. The van der Waals surface area contributed by atoms with Gasteiger partial charge in [0.15, 0.2) is 0 Å². The molecule has 1 rings (SSSR count). The van der Waals surface area contributed by atoms with Gasteiger partial charge < -0.3 is 4.74 Å². The van der Waals surface area contributed by atoms with Gasteiger partial charge in [0.25, 0.3) is 0 Å². The molecule has 88 valence electrons. The highest BCUT2D eigenvalue weighted by atomic mass is 32.1. The lowest BCUT2D eigenvalue weighted by Gasteiger charge is -2.24. The Balaban J connectivity index is 2.88. The minimum Gasteiger partial charge on any atom is -0.443 e. The monoisotopic (exact) mass is 241 g/mol. The topological polar surface area (TPSA) is 46.6 Å². The Labute approximate surface area is 98.8 Å². The maximum atomic E-state index is 11.8. The maximum Gasteiger partial charge on any atom is 0.422 e. The van der Waals surface area contributed by atoms with Crippen LogP contribution in [0.15, 0.2) is 17.5 Å². The van der Waals surface area contributed by atoms with Crippen LogP contribution in [0, 0.1) is 0 Å². The second-order valence-corrected chi connectivity index (χ2v) is 5.21. The number of amides is 2. The molecule has 0 aromatic carbocycles. The molecule has 2 amide bonds. The van der Waals surface area contributed by atoms with Crippen LogP contribution >= 0.6 is 11.3 Å². The quantitative estimate of drug-likeness (QED) is 0.759. The van der Waals surface area contributed by atoms with Gasteiger partial charge in [-0.15, -0.1) is 11.3 Å². The molecule has 0 saturated carbocycles. The summed E-state index contributed by atoms with van der Waals surface area (Å²) in [5.41, 5.74) is -0.609. The largest absolute Gasteiger partial charge is 0.443 e. The number of imide groups is 1. The molecule has 0 bridgehead atoms. The van der Waals surface area contributed by atoms with E-state index in [1.165, 1.54) is 18.3 Å². The van der Waals surface area contributed by atoms with Gasteiger partial charge in [-0.3, -0.25) is 4.79 Å². The molecule has 0 aliphatic heterocycles. The average molecular weight is 241 g/mol.